The molecular formula is C20H21N3O4S2. The second-order valence-corrected chi connectivity index (χ2v) is 8.28. The molecule has 0 aliphatic heterocycles. The van der Waals surface area contributed by atoms with E-state index in [0.717, 1.165) is 5.56 Å². The molecule has 1 N–H and O–H groups in total. The number of hydrogen-bond acceptors (Lipinski definition) is 7. The molecule has 0 bridgehead atoms. The Morgan fingerprint density at radius 1 is 1.34 bits per heavy atom. The topological polar surface area (TPSA) is 89.8 Å². The van der Waals surface area contributed by atoms with E-state index in [9.17, 15) is 14.4 Å². The molecule has 7 nitrogen and oxygen atoms in total. The van der Waals surface area contributed by atoms with Gasteiger partial charge in [0.25, 0.3) is 11.5 Å². The lowest BCUT2D eigenvalue weighted by Crippen LogP contribution is -2.42. The summed E-state index contributed by atoms with van der Waals surface area (Å²) >= 11 is 2.90. The standard InChI is InChI=1S/C20H21N3O4S2/c1-13-4-3-5-14(10-13)18(25)22-16(6-8-28-2)19(26)27-12-15-11-17(24)23-7-9-29-20(23)21-15/h3-5,7,9-11,16H,6,8,12H2,1-2H3,(H,22,25)/t16-/m1/s1. The maximum absolute atomic E-state index is 12.6. The van der Waals surface area contributed by atoms with Crippen LogP contribution in [0, 0.1) is 6.92 Å². The van der Waals surface area contributed by atoms with E-state index in [1.165, 1.54) is 21.8 Å². The zero-order valence-electron chi connectivity index (χ0n) is 16.1. The van der Waals surface area contributed by atoms with Crippen LogP contribution in [0.1, 0.15) is 28.0 Å². The lowest BCUT2D eigenvalue weighted by molar-refractivity contribution is -0.147. The second-order valence-electron chi connectivity index (χ2n) is 6.43. The number of rotatable bonds is 8. The number of hydrogen-bond donors (Lipinski definition) is 1. The highest BCUT2D eigenvalue weighted by Crippen LogP contribution is 2.10. The molecule has 1 amide bonds. The number of fused-ring (bicyclic) bond motifs is 1. The van der Waals surface area contributed by atoms with Crippen molar-refractivity contribution in [2.45, 2.75) is 26.0 Å². The molecule has 3 aromatic rings. The number of nitrogens with one attached hydrogen (secondary N) is 1. The number of aryl methyl sites for hydroxylation is 1. The monoisotopic (exact) mass is 431 g/mol. The lowest BCUT2D eigenvalue weighted by Gasteiger charge is -2.17. The molecule has 0 aliphatic carbocycles. The Kier molecular flexibility index (Phi) is 7.05. The quantitative estimate of drug-likeness (QED) is 0.552. The van der Waals surface area contributed by atoms with Gasteiger partial charge in [-0.1, -0.05) is 17.7 Å². The van der Waals surface area contributed by atoms with Gasteiger partial charge in [0.05, 0.1) is 5.69 Å². The van der Waals surface area contributed by atoms with Gasteiger partial charge in [0, 0.05) is 23.2 Å². The van der Waals surface area contributed by atoms with Gasteiger partial charge in [-0.2, -0.15) is 11.8 Å². The molecule has 1 aromatic carbocycles. The molecule has 0 saturated heterocycles. The van der Waals surface area contributed by atoms with Crippen molar-refractivity contribution in [3.05, 3.63) is 69.1 Å². The largest absolute Gasteiger partial charge is 0.458 e. The molecule has 9 heteroatoms. The highest BCUT2D eigenvalue weighted by molar-refractivity contribution is 7.98. The Balaban J connectivity index is 1.67. The maximum atomic E-state index is 12.6. The molecule has 0 saturated carbocycles. The summed E-state index contributed by atoms with van der Waals surface area (Å²) < 4.78 is 6.79. The number of esters is 1. The van der Waals surface area contributed by atoms with E-state index in [2.05, 4.69) is 10.3 Å². The zero-order valence-corrected chi connectivity index (χ0v) is 17.7. The summed E-state index contributed by atoms with van der Waals surface area (Å²) in [5.41, 5.74) is 1.60. The first-order chi connectivity index (χ1) is 14.0. The fourth-order valence-corrected chi connectivity index (χ4v) is 3.93. The molecule has 0 fully saturated rings. The van der Waals surface area contributed by atoms with Gasteiger partial charge in [0.1, 0.15) is 12.6 Å². The minimum Gasteiger partial charge on any atom is -0.458 e. The third-order valence-electron chi connectivity index (χ3n) is 4.20. The van der Waals surface area contributed by atoms with E-state index in [1.54, 1.807) is 41.5 Å². The SMILES string of the molecule is CSCC[C@@H](NC(=O)c1cccc(C)c1)C(=O)OCc1cc(=O)n2ccsc2n1. The first kappa shape index (κ1) is 21.1. The second kappa shape index (κ2) is 9.71. The minimum atomic E-state index is -0.776. The predicted octanol–water partition coefficient (Wildman–Crippen LogP) is 2.66. The Hall–Kier alpha value is -2.65. The van der Waals surface area contributed by atoms with Crippen molar-refractivity contribution in [3.63, 3.8) is 0 Å². The Bertz CT molecular complexity index is 1080. The summed E-state index contributed by atoms with van der Waals surface area (Å²) in [5.74, 6) is -0.185. The van der Waals surface area contributed by atoms with Crippen LogP contribution in [-0.4, -0.2) is 39.3 Å². The van der Waals surface area contributed by atoms with Crippen molar-refractivity contribution >= 4 is 39.9 Å². The number of ether oxygens (including phenoxy) is 1. The van der Waals surface area contributed by atoms with Crippen molar-refractivity contribution in [1.29, 1.82) is 0 Å². The van der Waals surface area contributed by atoms with Crippen LogP contribution in [0.4, 0.5) is 0 Å². The van der Waals surface area contributed by atoms with E-state index in [1.807, 2.05) is 19.2 Å². The smallest absolute Gasteiger partial charge is 0.329 e. The zero-order chi connectivity index (χ0) is 20.8. The van der Waals surface area contributed by atoms with Crippen LogP contribution >= 0.6 is 23.1 Å². The Morgan fingerprint density at radius 2 is 2.17 bits per heavy atom. The summed E-state index contributed by atoms with van der Waals surface area (Å²) in [6, 6.07) is 7.73. The van der Waals surface area contributed by atoms with Crippen molar-refractivity contribution in [3.8, 4) is 0 Å². The summed E-state index contributed by atoms with van der Waals surface area (Å²) in [6.45, 7) is 1.77. The Labute approximate surface area is 176 Å². The number of nitrogens with zero attached hydrogens (tertiary/aromatic N) is 2. The van der Waals surface area contributed by atoms with Crippen molar-refractivity contribution in [1.82, 2.24) is 14.7 Å². The third-order valence-corrected chi connectivity index (χ3v) is 5.60. The van der Waals surface area contributed by atoms with Crippen molar-refractivity contribution < 1.29 is 14.3 Å². The molecule has 1 atom stereocenters. The first-order valence-corrected chi connectivity index (χ1v) is 11.2. The molecule has 0 radical (unpaired) electrons. The van der Waals surface area contributed by atoms with Crippen LogP contribution in [0.2, 0.25) is 0 Å². The van der Waals surface area contributed by atoms with Gasteiger partial charge in [-0.15, -0.1) is 11.3 Å². The minimum absolute atomic E-state index is 0.126. The fraction of sp³-hybridized carbons (Fsp3) is 0.300. The summed E-state index contributed by atoms with van der Waals surface area (Å²) in [5, 5.41) is 4.52. The van der Waals surface area contributed by atoms with E-state index < -0.39 is 12.0 Å². The van der Waals surface area contributed by atoms with E-state index in [0.29, 0.717) is 28.4 Å². The average molecular weight is 432 g/mol. The van der Waals surface area contributed by atoms with Gasteiger partial charge < -0.3 is 10.1 Å². The van der Waals surface area contributed by atoms with Crippen LogP contribution in [0.3, 0.4) is 0 Å². The van der Waals surface area contributed by atoms with Crippen LogP contribution in [-0.2, 0) is 16.1 Å². The molecule has 0 aliphatic rings. The number of amides is 1. The van der Waals surface area contributed by atoms with E-state index >= 15 is 0 Å². The fourth-order valence-electron chi connectivity index (χ4n) is 2.72. The maximum Gasteiger partial charge on any atom is 0.329 e. The van der Waals surface area contributed by atoms with Crippen molar-refractivity contribution in [2.75, 3.05) is 12.0 Å². The summed E-state index contributed by atoms with van der Waals surface area (Å²) in [6.07, 6.45) is 4.01. The molecule has 152 valence electrons. The number of aromatic nitrogens is 2. The number of thiazole rings is 1. The molecule has 2 heterocycles. The lowest BCUT2D eigenvalue weighted by atomic mass is 10.1. The molecule has 3 rings (SSSR count). The first-order valence-electron chi connectivity index (χ1n) is 8.97. The Morgan fingerprint density at radius 3 is 2.93 bits per heavy atom. The number of benzene rings is 1. The highest BCUT2D eigenvalue weighted by Gasteiger charge is 2.23. The van der Waals surface area contributed by atoms with Gasteiger partial charge in [0.15, 0.2) is 4.96 Å². The number of carbonyl (C=O) groups excluding carboxylic acids is 2. The van der Waals surface area contributed by atoms with Crippen LogP contribution in [0.5, 0.6) is 0 Å². The van der Waals surface area contributed by atoms with Crippen LogP contribution < -0.4 is 10.9 Å². The van der Waals surface area contributed by atoms with E-state index in [-0.39, 0.29) is 18.1 Å². The van der Waals surface area contributed by atoms with Crippen LogP contribution in [0.15, 0.2) is 46.7 Å². The van der Waals surface area contributed by atoms with Gasteiger partial charge in [-0.05, 0) is 37.5 Å². The van der Waals surface area contributed by atoms with Gasteiger partial charge >= 0.3 is 5.97 Å². The van der Waals surface area contributed by atoms with Crippen molar-refractivity contribution in [2.24, 2.45) is 0 Å². The van der Waals surface area contributed by atoms with E-state index in [4.69, 9.17) is 4.74 Å². The normalized spacial score (nSPS) is 11.9. The van der Waals surface area contributed by atoms with Crippen LogP contribution in [0.25, 0.3) is 4.96 Å². The molecule has 0 unspecified atom stereocenters. The summed E-state index contributed by atoms with van der Waals surface area (Å²) in [7, 11) is 0. The summed E-state index contributed by atoms with van der Waals surface area (Å²) in [4.78, 5) is 42.0. The number of thioether (sulfide) groups is 1. The molecule has 2 aromatic heterocycles. The van der Waals surface area contributed by atoms with Gasteiger partial charge in [-0.25, -0.2) is 9.78 Å². The van der Waals surface area contributed by atoms with Gasteiger partial charge in [-0.3, -0.25) is 14.0 Å². The van der Waals surface area contributed by atoms with Gasteiger partial charge in [0.2, 0.25) is 0 Å². The third kappa shape index (κ3) is 5.45. The molecule has 29 heavy (non-hydrogen) atoms. The molecule has 0 spiro atoms. The predicted molar refractivity (Wildman–Crippen MR) is 115 cm³/mol. The highest BCUT2D eigenvalue weighted by atomic mass is 32.2. The average Bonchev–Trinajstić information content (AvgIpc) is 3.18. The number of carbonyl (C=O) groups is 2. The molecular weight excluding hydrogens is 410 g/mol.